The molecule has 3 rings (SSSR count). The van der Waals surface area contributed by atoms with Gasteiger partial charge in [-0.3, -0.25) is 13.9 Å². The van der Waals surface area contributed by atoms with Gasteiger partial charge in [0.2, 0.25) is 10.0 Å². The molecule has 1 amide bonds. The lowest BCUT2D eigenvalue weighted by molar-refractivity contribution is 0.102. The predicted molar refractivity (Wildman–Crippen MR) is 111 cm³/mol. The summed E-state index contributed by atoms with van der Waals surface area (Å²) in [6.07, 6.45) is 0.985. The van der Waals surface area contributed by atoms with Gasteiger partial charge in [-0.25, -0.2) is 22.8 Å². The lowest BCUT2D eigenvalue weighted by Gasteiger charge is -2.14. The maximum absolute atomic E-state index is 14.3. The number of rotatable bonds is 7. The van der Waals surface area contributed by atoms with Gasteiger partial charge in [-0.1, -0.05) is 17.7 Å². The second-order valence-corrected chi connectivity index (χ2v) is 8.38. The van der Waals surface area contributed by atoms with Crippen molar-refractivity contribution in [2.75, 3.05) is 28.2 Å². The van der Waals surface area contributed by atoms with E-state index in [4.69, 9.17) is 17.3 Å². The highest BCUT2D eigenvalue weighted by atomic mass is 35.5. The Morgan fingerprint density at radius 1 is 1.20 bits per heavy atom. The molecule has 0 fully saturated rings. The average molecular weight is 456 g/mol. The van der Waals surface area contributed by atoms with E-state index in [0.29, 0.717) is 5.39 Å². The first-order valence-corrected chi connectivity index (χ1v) is 10.6. The highest BCUT2D eigenvalue weighted by Crippen LogP contribution is 2.34. The van der Waals surface area contributed by atoms with E-state index in [1.807, 2.05) is 0 Å². The van der Waals surface area contributed by atoms with Gasteiger partial charge in [0.25, 0.3) is 5.91 Å². The zero-order chi connectivity index (χ0) is 21.9. The molecule has 0 atom stereocenters. The Morgan fingerprint density at radius 3 is 2.70 bits per heavy atom. The number of nitrogens with two attached hydrogens (primary N) is 1. The van der Waals surface area contributed by atoms with Crippen LogP contribution in [0.1, 0.15) is 16.8 Å². The molecule has 0 unspecified atom stereocenters. The fourth-order valence-electron chi connectivity index (χ4n) is 2.68. The second-order valence-electron chi connectivity index (χ2n) is 6.16. The highest BCUT2D eigenvalue weighted by molar-refractivity contribution is 7.92. The fraction of sp³-hybridized carbons (Fsp3) is 0.167. The van der Waals surface area contributed by atoms with E-state index in [0.717, 1.165) is 12.1 Å². The molecule has 3 aromatic rings. The number of amides is 1. The van der Waals surface area contributed by atoms with Crippen LogP contribution in [0.3, 0.4) is 0 Å². The van der Waals surface area contributed by atoms with Crippen LogP contribution in [0.15, 0.2) is 36.7 Å². The summed E-state index contributed by atoms with van der Waals surface area (Å²) in [5.74, 6) is -1.93. The Labute approximate surface area is 175 Å². The number of hydrogen-bond acceptors (Lipinski definition) is 6. The molecule has 0 spiro atoms. The van der Waals surface area contributed by atoms with Gasteiger partial charge in [0.05, 0.1) is 39.9 Å². The number of sulfonamides is 1. The molecule has 0 aliphatic carbocycles. The molecule has 0 aliphatic rings. The summed E-state index contributed by atoms with van der Waals surface area (Å²) >= 11 is 6.13. The summed E-state index contributed by atoms with van der Waals surface area (Å²) in [6.45, 7) is -0.807. The molecule has 12 heteroatoms. The molecule has 1 heterocycles. The van der Waals surface area contributed by atoms with Crippen LogP contribution in [0.2, 0.25) is 5.02 Å². The number of alkyl halides is 1. The van der Waals surface area contributed by atoms with Crippen molar-refractivity contribution in [1.29, 1.82) is 0 Å². The Kier molecular flexibility index (Phi) is 6.32. The van der Waals surface area contributed by atoms with E-state index in [-0.39, 0.29) is 34.0 Å². The van der Waals surface area contributed by atoms with Gasteiger partial charge in [-0.15, -0.1) is 0 Å². The highest BCUT2D eigenvalue weighted by Gasteiger charge is 2.20. The van der Waals surface area contributed by atoms with E-state index >= 15 is 0 Å². The molecular formula is C18H16ClF2N5O3S. The molecule has 2 aromatic carbocycles. The van der Waals surface area contributed by atoms with E-state index in [1.165, 1.54) is 12.4 Å². The SMILES string of the molecule is Nc1ncnc2c(C(=O)Nc3c(F)ccc(NS(=O)(=O)CCCF)c3Cl)cccc12. The van der Waals surface area contributed by atoms with E-state index in [9.17, 15) is 22.0 Å². The number of aromatic nitrogens is 2. The maximum Gasteiger partial charge on any atom is 0.257 e. The number of anilines is 3. The lowest BCUT2D eigenvalue weighted by atomic mass is 10.1. The number of halogens is 3. The molecule has 1 aromatic heterocycles. The minimum Gasteiger partial charge on any atom is -0.383 e. The van der Waals surface area contributed by atoms with Crippen molar-refractivity contribution in [2.24, 2.45) is 0 Å². The van der Waals surface area contributed by atoms with Crippen LogP contribution in [-0.2, 0) is 10.0 Å². The number of hydrogen-bond donors (Lipinski definition) is 3. The van der Waals surface area contributed by atoms with Gasteiger partial charge in [0, 0.05) is 5.39 Å². The minimum atomic E-state index is -3.90. The number of fused-ring (bicyclic) bond motifs is 1. The third-order valence-corrected chi connectivity index (χ3v) is 5.83. The van der Waals surface area contributed by atoms with Crippen LogP contribution in [0.5, 0.6) is 0 Å². The zero-order valence-corrected chi connectivity index (χ0v) is 16.9. The first kappa shape index (κ1) is 21.7. The molecule has 0 bridgehead atoms. The van der Waals surface area contributed by atoms with Crippen molar-refractivity contribution in [1.82, 2.24) is 9.97 Å². The van der Waals surface area contributed by atoms with Gasteiger partial charge in [0.1, 0.15) is 18.0 Å². The molecule has 158 valence electrons. The Balaban J connectivity index is 1.94. The summed E-state index contributed by atoms with van der Waals surface area (Å²) in [5.41, 5.74) is 5.55. The minimum absolute atomic E-state index is 0.0889. The first-order valence-electron chi connectivity index (χ1n) is 8.58. The number of nitrogens with one attached hydrogen (secondary N) is 2. The molecule has 0 saturated heterocycles. The number of carbonyl (C=O) groups is 1. The summed E-state index contributed by atoms with van der Waals surface area (Å²) in [4.78, 5) is 20.7. The second kappa shape index (κ2) is 8.76. The first-order chi connectivity index (χ1) is 14.2. The summed E-state index contributed by atoms with van der Waals surface area (Å²) in [7, 11) is -3.90. The topological polar surface area (TPSA) is 127 Å². The zero-order valence-electron chi connectivity index (χ0n) is 15.3. The van der Waals surface area contributed by atoms with Crippen molar-refractivity contribution < 1.29 is 22.0 Å². The third-order valence-electron chi connectivity index (χ3n) is 4.08. The number of benzene rings is 2. The van der Waals surface area contributed by atoms with Crippen LogP contribution >= 0.6 is 11.6 Å². The van der Waals surface area contributed by atoms with Crippen molar-refractivity contribution in [3.63, 3.8) is 0 Å². The summed E-state index contributed by atoms with van der Waals surface area (Å²) < 4.78 is 52.7. The monoisotopic (exact) mass is 455 g/mol. The van der Waals surface area contributed by atoms with Crippen LogP contribution < -0.4 is 15.8 Å². The van der Waals surface area contributed by atoms with Crippen molar-refractivity contribution in [2.45, 2.75) is 6.42 Å². The Hall–Kier alpha value is -3.05. The normalized spacial score (nSPS) is 11.4. The van der Waals surface area contributed by atoms with Gasteiger partial charge in [-0.05, 0) is 30.7 Å². The number of para-hydroxylation sites is 1. The smallest absolute Gasteiger partial charge is 0.257 e. The maximum atomic E-state index is 14.3. The quantitative estimate of drug-likeness (QED) is 0.501. The summed E-state index contributed by atoms with van der Waals surface area (Å²) in [5, 5.41) is 2.41. The van der Waals surface area contributed by atoms with Crippen LogP contribution in [-0.4, -0.2) is 36.7 Å². The van der Waals surface area contributed by atoms with Crippen molar-refractivity contribution in [3.8, 4) is 0 Å². The van der Waals surface area contributed by atoms with Crippen LogP contribution in [0.25, 0.3) is 10.9 Å². The standard InChI is InChI=1S/C18H16ClF2N5O3S/c19-14-13(26-30(28,29)8-2-7-20)6-5-12(21)16(14)25-18(27)11-4-1-3-10-15(11)23-9-24-17(10)22/h1,3-6,9,26H,2,7-8H2,(H,25,27)(H2,22,23,24). The molecule has 0 aliphatic heterocycles. The number of nitrogen functional groups attached to an aromatic ring is 1. The largest absolute Gasteiger partial charge is 0.383 e. The number of nitrogens with zero attached hydrogens (tertiary/aromatic N) is 2. The lowest BCUT2D eigenvalue weighted by Crippen LogP contribution is -2.19. The van der Waals surface area contributed by atoms with Crippen LogP contribution in [0.4, 0.5) is 26.0 Å². The number of carbonyl (C=O) groups excluding carboxylic acids is 1. The fourth-order valence-corrected chi connectivity index (χ4v) is 4.08. The van der Waals surface area contributed by atoms with Gasteiger partial charge < -0.3 is 11.1 Å². The van der Waals surface area contributed by atoms with Gasteiger partial charge in [0.15, 0.2) is 0 Å². The van der Waals surface area contributed by atoms with E-state index in [1.54, 1.807) is 12.1 Å². The molecule has 0 radical (unpaired) electrons. The van der Waals surface area contributed by atoms with E-state index in [2.05, 4.69) is 20.0 Å². The molecule has 8 nitrogen and oxygen atoms in total. The molecule has 4 N–H and O–H groups in total. The van der Waals surface area contributed by atoms with Gasteiger partial charge >= 0.3 is 0 Å². The van der Waals surface area contributed by atoms with Crippen molar-refractivity contribution >= 4 is 55.6 Å². The van der Waals surface area contributed by atoms with Gasteiger partial charge in [-0.2, -0.15) is 0 Å². The third kappa shape index (κ3) is 4.57. The molecular weight excluding hydrogens is 440 g/mol. The average Bonchev–Trinajstić information content (AvgIpc) is 2.71. The van der Waals surface area contributed by atoms with E-state index < -0.39 is 39.9 Å². The summed E-state index contributed by atoms with van der Waals surface area (Å²) in [6, 6.07) is 6.69. The molecule has 0 saturated carbocycles. The van der Waals surface area contributed by atoms with Crippen LogP contribution in [0, 0.1) is 5.82 Å². The predicted octanol–water partition coefficient (Wildman–Crippen LogP) is 3.36. The Bertz CT molecular complexity index is 1220. The Morgan fingerprint density at radius 2 is 1.97 bits per heavy atom. The van der Waals surface area contributed by atoms with Crippen molar-refractivity contribution in [3.05, 3.63) is 53.1 Å². The molecule has 30 heavy (non-hydrogen) atoms.